The fourth-order valence-corrected chi connectivity index (χ4v) is 4.46. The lowest BCUT2D eigenvalue weighted by Crippen LogP contribution is -2.26. The lowest BCUT2D eigenvalue weighted by molar-refractivity contribution is 0.306. The highest BCUT2D eigenvalue weighted by atomic mass is 28.3. The van der Waals surface area contributed by atoms with Crippen molar-refractivity contribution >= 4 is 25.0 Å². The van der Waals surface area contributed by atoms with Crippen LogP contribution >= 0.6 is 0 Å². The Kier molecular flexibility index (Phi) is 5.93. The van der Waals surface area contributed by atoms with E-state index in [-0.39, 0.29) is 5.56 Å². The lowest BCUT2D eigenvalue weighted by atomic mass is 10.0. The van der Waals surface area contributed by atoms with Crippen LogP contribution in [0.3, 0.4) is 0 Å². The molecule has 0 aliphatic carbocycles. The van der Waals surface area contributed by atoms with Gasteiger partial charge in [-0.1, -0.05) is 36.4 Å². The normalized spacial score (nSPS) is 12.0. The summed E-state index contributed by atoms with van der Waals surface area (Å²) in [5.74, 6) is 1.49. The van der Waals surface area contributed by atoms with Gasteiger partial charge < -0.3 is 18.8 Å². The van der Waals surface area contributed by atoms with Crippen LogP contribution in [0.2, 0.25) is 6.55 Å². The predicted molar refractivity (Wildman–Crippen MR) is 127 cm³/mol. The summed E-state index contributed by atoms with van der Waals surface area (Å²) < 4.78 is 12.9. The Labute approximate surface area is 182 Å². The standard InChI is InChI=1S/C25H25NO4Si/c1-26-15-24(22-6-4-5-7-23(22)25(26)27)18-12-20(14-21(13-18)31(3)28)30-16-17-8-10-19(29-2)11-9-17/h4-15,28,31H,16H2,1-3H3. The van der Waals surface area contributed by atoms with E-state index in [0.29, 0.717) is 17.7 Å². The molecule has 1 unspecified atom stereocenters. The first kappa shape index (κ1) is 20.9. The smallest absolute Gasteiger partial charge is 0.258 e. The maximum absolute atomic E-state index is 12.6. The number of ether oxygens (including phenoxy) is 2. The van der Waals surface area contributed by atoms with Crippen molar-refractivity contribution in [1.82, 2.24) is 4.57 Å². The summed E-state index contributed by atoms with van der Waals surface area (Å²) in [7, 11) is 1.33. The molecule has 0 saturated heterocycles. The van der Waals surface area contributed by atoms with Gasteiger partial charge in [0, 0.05) is 24.2 Å². The van der Waals surface area contributed by atoms with E-state index in [2.05, 4.69) is 0 Å². The molecular weight excluding hydrogens is 406 g/mol. The van der Waals surface area contributed by atoms with Crippen molar-refractivity contribution in [2.24, 2.45) is 7.05 Å². The molecule has 0 aliphatic heterocycles. The summed E-state index contributed by atoms with van der Waals surface area (Å²) in [6, 6.07) is 21.2. The molecule has 5 nitrogen and oxygen atoms in total. The average Bonchev–Trinajstić information content (AvgIpc) is 2.80. The number of aromatic nitrogens is 1. The van der Waals surface area contributed by atoms with E-state index >= 15 is 0 Å². The van der Waals surface area contributed by atoms with Gasteiger partial charge in [-0.05, 0) is 58.6 Å². The molecule has 1 heterocycles. The Balaban J connectivity index is 1.75. The van der Waals surface area contributed by atoms with Crippen molar-refractivity contribution < 1.29 is 14.3 Å². The third kappa shape index (κ3) is 4.40. The van der Waals surface area contributed by atoms with Gasteiger partial charge in [-0.25, -0.2) is 0 Å². The largest absolute Gasteiger partial charge is 0.497 e. The molecule has 0 amide bonds. The molecule has 1 N–H and O–H groups in total. The highest BCUT2D eigenvalue weighted by Gasteiger charge is 2.13. The van der Waals surface area contributed by atoms with Crippen LogP contribution in [0.4, 0.5) is 0 Å². The molecule has 1 atom stereocenters. The first-order chi connectivity index (χ1) is 15.0. The van der Waals surface area contributed by atoms with Crippen molar-refractivity contribution in [3.05, 3.63) is 88.8 Å². The fraction of sp³-hybridized carbons (Fsp3) is 0.160. The molecule has 0 radical (unpaired) electrons. The molecule has 4 aromatic rings. The SMILES string of the molecule is COc1ccc(COc2cc(-c3cn(C)c(=O)c4ccccc34)cc([SiH](C)O)c2)cc1. The maximum Gasteiger partial charge on any atom is 0.258 e. The lowest BCUT2D eigenvalue weighted by Gasteiger charge is -2.15. The first-order valence-electron chi connectivity index (χ1n) is 10.1. The third-order valence-electron chi connectivity index (χ3n) is 5.38. The summed E-state index contributed by atoms with van der Waals surface area (Å²) in [5.41, 5.74) is 2.84. The highest BCUT2D eigenvalue weighted by Crippen LogP contribution is 2.29. The molecule has 0 aliphatic rings. The van der Waals surface area contributed by atoms with Crippen LogP contribution in [0.15, 0.2) is 77.7 Å². The molecule has 0 fully saturated rings. The minimum absolute atomic E-state index is 0.0311. The van der Waals surface area contributed by atoms with E-state index in [1.165, 1.54) is 0 Å². The van der Waals surface area contributed by atoms with Gasteiger partial charge in [-0.2, -0.15) is 0 Å². The molecular formula is C25H25NO4Si. The van der Waals surface area contributed by atoms with Crippen LogP contribution in [0.1, 0.15) is 5.56 Å². The second-order valence-electron chi connectivity index (χ2n) is 7.61. The second kappa shape index (κ2) is 8.79. The molecule has 158 valence electrons. The number of hydrogen-bond donors (Lipinski definition) is 1. The zero-order chi connectivity index (χ0) is 22.0. The predicted octanol–water partition coefficient (Wildman–Crippen LogP) is 3.35. The topological polar surface area (TPSA) is 60.7 Å². The first-order valence-corrected chi connectivity index (χ1v) is 12.4. The summed E-state index contributed by atoms with van der Waals surface area (Å²) in [6.45, 7) is 2.27. The van der Waals surface area contributed by atoms with Gasteiger partial charge in [-0.3, -0.25) is 4.79 Å². The zero-order valence-electron chi connectivity index (χ0n) is 17.8. The number of nitrogens with zero attached hydrogens (tertiary/aromatic N) is 1. The summed E-state index contributed by atoms with van der Waals surface area (Å²) in [5, 5.41) is 2.44. The molecule has 0 spiro atoms. The zero-order valence-corrected chi connectivity index (χ0v) is 19.0. The summed E-state index contributed by atoms with van der Waals surface area (Å²) in [6.07, 6.45) is 1.85. The number of methoxy groups -OCH3 is 1. The molecule has 6 heteroatoms. The number of aryl methyl sites for hydroxylation is 1. The number of fused-ring (bicyclic) bond motifs is 1. The highest BCUT2D eigenvalue weighted by molar-refractivity contribution is 6.65. The van der Waals surface area contributed by atoms with Crippen LogP contribution in [-0.4, -0.2) is 25.5 Å². The number of rotatable bonds is 6. The van der Waals surface area contributed by atoms with E-state index in [1.807, 2.05) is 79.5 Å². The quantitative estimate of drug-likeness (QED) is 0.476. The van der Waals surface area contributed by atoms with Crippen molar-refractivity contribution in [3.8, 4) is 22.6 Å². The number of pyridine rings is 1. The summed E-state index contributed by atoms with van der Waals surface area (Å²) >= 11 is 0. The minimum atomic E-state index is -2.07. The van der Waals surface area contributed by atoms with E-state index in [9.17, 15) is 9.59 Å². The molecule has 3 aromatic carbocycles. The van der Waals surface area contributed by atoms with Gasteiger partial charge in [0.2, 0.25) is 9.04 Å². The van der Waals surface area contributed by atoms with Gasteiger partial charge in [0.1, 0.15) is 18.1 Å². The van der Waals surface area contributed by atoms with Crippen LogP contribution in [-0.2, 0) is 13.7 Å². The Morgan fingerprint density at radius 2 is 1.68 bits per heavy atom. The Morgan fingerprint density at radius 3 is 2.35 bits per heavy atom. The van der Waals surface area contributed by atoms with E-state index in [0.717, 1.165) is 33.0 Å². The van der Waals surface area contributed by atoms with Crippen LogP contribution in [0, 0.1) is 0 Å². The van der Waals surface area contributed by atoms with E-state index in [1.54, 1.807) is 18.7 Å². The van der Waals surface area contributed by atoms with Gasteiger partial charge in [0.15, 0.2) is 0 Å². The number of hydrogen-bond acceptors (Lipinski definition) is 4. The average molecular weight is 432 g/mol. The van der Waals surface area contributed by atoms with Crippen molar-refractivity contribution in [3.63, 3.8) is 0 Å². The van der Waals surface area contributed by atoms with Crippen LogP contribution < -0.4 is 20.2 Å². The molecule has 0 bridgehead atoms. The maximum atomic E-state index is 12.6. The van der Waals surface area contributed by atoms with E-state index < -0.39 is 9.04 Å². The van der Waals surface area contributed by atoms with Crippen molar-refractivity contribution in [2.45, 2.75) is 13.2 Å². The monoisotopic (exact) mass is 431 g/mol. The molecule has 4 rings (SSSR count). The van der Waals surface area contributed by atoms with Crippen molar-refractivity contribution in [2.75, 3.05) is 7.11 Å². The molecule has 31 heavy (non-hydrogen) atoms. The Morgan fingerprint density at radius 1 is 0.968 bits per heavy atom. The van der Waals surface area contributed by atoms with Gasteiger partial charge >= 0.3 is 0 Å². The van der Waals surface area contributed by atoms with Crippen LogP contribution in [0.5, 0.6) is 11.5 Å². The van der Waals surface area contributed by atoms with Crippen LogP contribution in [0.25, 0.3) is 21.9 Å². The van der Waals surface area contributed by atoms with Gasteiger partial charge in [0.05, 0.1) is 7.11 Å². The fourth-order valence-electron chi connectivity index (χ4n) is 3.64. The second-order valence-corrected chi connectivity index (χ2v) is 9.63. The van der Waals surface area contributed by atoms with Crippen molar-refractivity contribution in [1.29, 1.82) is 0 Å². The number of benzene rings is 3. The Hall–Kier alpha value is -3.35. The Bertz CT molecular complexity index is 1280. The summed E-state index contributed by atoms with van der Waals surface area (Å²) in [4.78, 5) is 22.9. The molecule has 1 aromatic heterocycles. The minimum Gasteiger partial charge on any atom is -0.497 e. The third-order valence-corrected chi connectivity index (χ3v) is 6.68. The molecule has 0 saturated carbocycles. The van der Waals surface area contributed by atoms with E-state index in [4.69, 9.17) is 9.47 Å². The van der Waals surface area contributed by atoms with Gasteiger partial charge in [0.25, 0.3) is 5.56 Å². The van der Waals surface area contributed by atoms with Gasteiger partial charge in [-0.15, -0.1) is 0 Å².